The predicted molar refractivity (Wildman–Crippen MR) is 111 cm³/mol. The van der Waals surface area contributed by atoms with E-state index in [2.05, 4.69) is 37.7 Å². The molecule has 1 N–H and O–H groups in total. The van der Waals surface area contributed by atoms with Crippen LogP contribution in [0.4, 0.5) is 5.69 Å². The zero-order valence-electron chi connectivity index (χ0n) is 16.0. The van der Waals surface area contributed by atoms with Gasteiger partial charge in [0.15, 0.2) is 5.82 Å². The molecule has 0 fully saturated rings. The highest BCUT2D eigenvalue weighted by atomic mass is 16.2. The van der Waals surface area contributed by atoms with Gasteiger partial charge < -0.3 is 4.90 Å². The molecular weight excluding hydrogens is 364 g/mol. The summed E-state index contributed by atoms with van der Waals surface area (Å²) in [7, 11) is 0. The summed E-state index contributed by atoms with van der Waals surface area (Å²) in [5.74, 6) is 0.614. The Morgan fingerprint density at radius 2 is 1.76 bits per heavy atom. The van der Waals surface area contributed by atoms with E-state index in [1.165, 1.54) is 0 Å². The standard InChI is InChI=1S/C22H20N6O/c1-2-21(29)28(20-8-4-7-19(14-20)22-24-26-27-25-22)15-16-5-3-6-18(13-16)17-9-11-23-12-10-17/h3-14H,2,15H2,1H3,(H,24,25,26,27). The second kappa shape index (κ2) is 8.43. The lowest BCUT2D eigenvalue weighted by atomic mass is 10.0. The van der Waals surface area contributed by atoms with E-state index in [4.69, 9.17) is 0 Å². The molecule has 0 bridgehead atoms. The number of benzene rings is 2. The van der Waals surface area contributed by atoms with Gasteiger partial charge in [0.25, 0.3) is 0 Å². The molecule has 0 unspecified atom stereocenters. The molecule has 1 amide bonds. The van der Waals surface area contributed by atoms with E-state index in [1.54, 1.807) is 17.3 Å². The molecule has 0 saturated heterocycles. The van der Waals surface area contributed by atoms with Crippen molar-refractivity contribution in [2.24, 2.45) is 0 Å². The third kappa shape index (κ3) is 4.19. The van der Waals surface area contributed by atoms with Crippen molar-refractivity contribution in [3.63, 3.8) is 0 Å². The second-order valence-electron chi connectivity index (χ2n) is 6.57. The molecular formula is C22H20N6O. The van der Waals surface area contributed by atoms with Crippen molar-refractivity contribution >= 4 is 11.6 Å². The summed E-state index contributed by atoms with van der Waals surface area (Å²) in [5, 5.41) is 14.0. The van der Waals surface area contributed by atoms with Crippen molar-refractivity contribution in [3.05, 3.63) is 78.6 Å². The van der Waals surface area contributed by atoms with E-state index >= 15 is 0 Å². The Morgan fingerprint density at radius 3 is 2.52 bits per heavy atom. The number of aromatic nitrogens is 5. The SMILES string of the molecule is CCC(=O)N(Cc1cccc(-c2ccncc2)c1)c1cccc(-c2nnn[nH]2)c1. The van der Waals surface area contributed by atoms with Gasteiger partial charge in [-0.3, -0.25) is 9.78 Å². The molecule has 0 aliphatic rings. The number of rotatable bonds is 6. The number of anilines is 1. The fourth-order valence-electron chi connectivity index (χ4n) is 3.19. The number of amides is 1. The number of H-pyrrole nitrogens is 1. The number of hydrogen-bond acceptors (Lipinski definition) is 5. The summed E-state index contributed by atoms with van der Waals surface area (Å²) in [6.45, 7) is 2.34. The molecule has 0 saturated carbocycles. The van der Waals surface area contributed by atoms with E-state index in [1.807, 2.05) is 55.5 Å². The van der Waals surface area contributed by atoms with E-state index in [9.17, 15) is 4.79 Å². The first kappa shape index (κ1) is 18.5. The van der Waals surface area contributed by atoms with Gasteiger partial charge in [0, 0.05) is 30.1 Å². The van der Waals surface area contributed by atoms with Gasteiger partial charge >= 0.3 is 0 Å². The minimum absolute atomic E-state index is 0.0483. The maximum absolute atomic E-state index is 12.7. The van der Waals surface area contributed by atoms with Crippen LogP contribution in [0, 0.1) is 0 Å². The van der Waals surface area contributed by atoms with Crippen molar-refractivity contribution in [1.82, 2.24) is 25.6 Å². The molecule has 2 aromatic carbocycles. The van der Waals surface area contributed by atoms with Gasteiger partial charge in [0.1, 0.15) is 0 Å². The summed E-state index contributed by atoms with van der Waals surface area (Å²) in [6.07, 6.45) is 3.97. The fraction of sp³-hybridized carbons (Fsp3) is 0.136. The topological polar surface area (TPSA) is 87.7 Å². The van der Waals surface area contributed by atoms with Crippen LogP contribution in [0.25, 0.3) is 22.5 Å². The lowest BCUT2D eigenvalue weighted by molar-refractivity contribution is -0.118. The number of aromatic amines is 1. The molecule has 29 heavy (non-hydrogen) atoms. The maximum atomic E-state index is 12.7. The zero-order chi connectivity index (χ0) is 20.1. The third-order valence-corrected chi connectivity index (χ3v) is 4.66. The molecule has 2 heterocycles. The van der Waals surface area contributed by atoms with Crippen molar-refractivity contribution in [3.8, 4) is 22.5 Å². The van der Waals surface area contributed by atoms with Crippen LogP contribution >= 0.6 is 0 Å². The highest BCUT2D eigenvalue weighted by molar-refractivity contribution is 5.93. The van der Waals surface area contributed by atoms with Gasteiger partial charge in [-0.15, -0.1) is 5.10 Å². The molecule has 0 spiro atoms. The number of hydrogen-bond donors (Lipinski definition) is 1. The smallest absolute Gasteiger partial charge is 0.227 e. The van der Waals surface area contributed by atoms with Crippen molar-refractivity contribution in [2.45, 2.75) is 19.9 Å². The van der Waals surface area contributed by atoms with Crippen LogP contribution in [0.1, 0.15) is 18.9 Å². The van der Waals surface area contributed by atoms with Crippen LogP contribution in [0.5, 0.6) is 0 Å². The first-order chi connectivity index (χ1) is 14.2. The molecule has 0 aliphatic carbocycles. The lowest BCUT2D eigenvalue weighted by Crippen LogP contribution is -2.29. The number of tetrazole rings is 1. The summed E-state index contributed by atoms with van der Waals surface area (Å²) in [6, 6.07) is 19.8. The summed E-state index contributed by atoms with van der Waals surface area (Å²) >= 11 is 0. The minimum atomic E-state index is 0.0483. The Bertz CT molecular complexity index is 1100. The summed E-state index contributed by atoms with van der Waals surface area (Å²) in [4.78, 5) is 18.6. The monoisotopic (exact) mass is 384 g/mol. The third-order valence-electron chi connectivity index (χ3n) is 4.66. The quantitative estimate of drug-likeness (QED) is 0.545. The van der Waals surface area contributed by atoms with Gasteiger partial charge in [-0.1, -0.05) is 37.3 Å². The van der Waals surface area contributed by atoms with Crippen molar-refractivity contribution in [1.29, 1.82) is 0 Å². The molecule has 2 aromatic heterocycles. The van der Waals surface area contributed by atoms with Crippen molar-refractivity contribution in [2.75, 3.05) is 4.90 Å². The molecule has 7 nitrogen and oxygen atoms in total. The van der Waals surface area contributed by atoms with Crippen LogP contribution in [0.15, 0.2) is 73.1 Å². The highest BCUT2D eigenvalue weighted by Gasteiger charge is 2.16. The first-order valence-electron chi connectivity index (χ1n) is 9.38. The largest absolute Gasteiger partial charge is 0.308 e. The number of carbonyl (C=O) groups excluding carboxylic acids is 1. The van der Waals surface area contributed by atoms with Crippen LogP contribution in [-0.4, -0.2) is 31.5 Å². The number of nitrogens with one attached hydrogen (secondary N) is 1. The van der Waals surface area contributed by atoms with Gasteiger partial charge in [-0.05, 0) is 57.4 Å². The predicted octanol–water partition coefficient (Wildman–Crippen LogP) is 3.87. The van der Waals surface area contributed by atoms with Crippen LogP contribution in [-0.2, 0) is 11.3 Å². The molecule has 144 valence electrons. The maximum Gasteiger partial charge on any atom is 0.227 e. The normalized spacial score (nSPS) is 10.7. The number of nitrogens with zero attached hydrogens (tertiary/aromatic N) is 5. The Balaban J connectivity index is 1.66. The summed E-state index contributed by atoms with van der Waals surface area (Å²) < 4.78 is 0. The molecule has 4 aromatic rings. The van der Waals surface area contributed by atoms with Gasteiger partial charge in [0.05, 0.1) is 6.54 Å². The Kier molecular flexibility index (Phi) is 5.38. The lowest BCUT2D eigenvalue weighted by Gasteiger charge is -2.23. The molecule has 4 rings (SSSR count). The molecule has 0 aliphatic heterocycles. The Morgan fingerprint density at radius 1 is 0.966 bits per heavy atom. The van der Waals surface area contributed by atoms with Gasteiger partial charge in [0.2, 0.25) is 5.91 Å². The van der Waals surface area contributed by atoms with Crippen molar-refractivity contribution < 1.29 is 4.79 Å². The van der Waals surface area contributed by atoms with E-state index in [0.717, 1.165) is 27.9 Å². The van der Waals surface area contributed by atoms with Gasteiger partial charge in [-0.2, -0.15) is 0 Å². The zero-order valence-corrected chi connectivity index (χ0v) is 16.0. The average Bonchev–Trinajstić information content (AvgIpc) is 3.33. The Hall–Kier alpha value is -3.87. The highest BCUT2D eigenvalue weighted by Crippen LogP contribution is 2.26. The fourth-order valence-corrected chi connectivity index (χ4v) is 3.19. The summed E-state index contributed by atoms with van der Waals surface area (Å²) in [5.41, 5.74) is 4.87. The molecule has 0 atom stereocenters. The van der Waals surface area contributed by atoms with E-state index in [0.29, 0.717) is 18.8 Å². The van der Waals surface area contributed by atoms with Crippen LogP contribution in [0.2, 0.25) is 0 Å². The molecule has 7 heteroatoms. The van der Waals surface area contributed by atoms with Crippen LogP contribution < -0.4 is 4.90 Å². The van der Waals surface area contributed by atoms with E-state index < -0.39 is 0 Å². The second-order valence-corrected chi connectivity index (χ2v) is 6.57. The average molecular weight is 384 g/mol. The minimum Gasteiger partial charge on any atom is -0.308 e. The molecule has 0 radical (unpaired) electrons. The van der Waals surface area contributed by atoms with Gasteiger partial charge in [-0.25, -0.2) is 5.10 Å². The Labute approximate surface area is 168 Å². The van der Waals surface area contributed by atoms with Crippen LogP contribution in [0.3, 0.4) is 0 Å². The first-order valence-corrected chi connectivity index (χ1v) is 9.38. The number of carbonyl (C=O) groups is 1. The van der Waals surface area contributed by atoms with E-state index in [-0.39, 0.29) is 5.91 Å². The number of pyridine rings is 1.